The Morgan fingerprint density at radius 3 is 2.94 bits per heavy atom. The normalized spacial score (nSPS) is 18.4. The fourth-order valence-corrected chi connectivity index (χ4v) is 2.72. The molecule has 3 heteroatoms. The number of fused-ring (bicyclic) bond motifs is 1. The molecule has 1 unspecified atom stereocenters. The largest absolute Gasteiger partial charge is 0.495 e. The second-order valence-electron chi connectivity index (χ2n) is 4.67. The van der Waals surface area contributed by atoms with Crippen molar-refractivity contribution in [2.75, 3.05) is 7.11 Å². The molecule has 1 aliphatic rings. The molecule has 1 aliphatic carbocycles. The quantitative estimate of drug-likeness (QED) is 0.880. The predicted molar refractivity (Wildman–Crippen MR) is 70.2 cm³/mol. The zero-order valence-electron chi connectivity index (χ0n) is 10.5. The molecule has 1 heterocycles. The predicted octanol–water partition coefficient (Wildman–Crippen LogP) is 2.86. The van der Waals surface area contributed by atoms with E-state index in [0.29, 0.717) is 0 Å². The monoisotopic (exact) mass is 243 g/mol. The van der Waals surface area contributed by atoms with Crippen LogP contribution in [0.25, 0.3) is 5.69 Å². The highest BCUT2D eigenvalue weighted by atomic mass is 16.5. The summed E-state index contributed by atoms with van der Waals surface area (Å²) >= 11 is 0. The van der Waals surface area contributed by atoms with E-state index in [1.54, 1.807) is 7.11 Å². The van der Waals surface area contributed by atoms with Crippen molar-refractivity contribution < 1.29 is 9.84 Å². The van der Waals surface area contributed by atoms with Gasteiger partial charge in [0.1, 0.15) is 5.75 Å². The van der Waals surface area contributed by atoms with Crippen molar-refractivity contribution in [1.29, 1.82) is 0 Å². The second-order valence-corrected chi connectivity index (χ2v) is 4.67. The average molecular weight is 243 g/mol. The summed E-state index contributed by atoms with van der Waals surface area (Å²) in [5.41, 5.74) is 3.31. The van der Waals surface area contributed by atoms with Gasteiger partial charge in [-0.25, -0.2) is 0 Å². The number of hydrogen-bond acceptors (Lipinski definition) is 2. The average Bonchev–Trinajstić information content (AvgIpc) is 2.84. The lowest BCUT2D eigenvalue weighted by atomic mass is 9.95. The van der Waals surface area contributed by atoms with E-state index in [2.05, 4.69) is 4.57 Å². The summed E-state index contributed by atoms with van der Waals surface area (Å²) in [5, 5.41) is 10.0. The number of methoxy groups -OCH3 is 1. The van der Waals surface area contributed by atoms with Gasteiger partial charge < -0.3 is 14.4 Å². The number of aliphatic hydroxyl groups excluding tert-OH is 1. The Hall–Kier alpha value is -1.74. The number of nitrogens with zero attached hydrogens (tertiary/aromatic N) is 1. The van der Waals surface area contributed by atoms with Crippen LogP contribution in [0.5, 0.6) is 5.75 Å². The van der Waals surface area contributed by atoms with Crippen molar-refractivity contribution in [3.63, 3.8) is 0 Å². The lowest BCUT2D eigenvalue weighted by molar-refractivity contribution is 0.156. The molecule has 0 saturated heterocycles. The highest BCUT2D eigenvalue weighted by Gasteiger charge is 2.22. The lowest BCUT2D eigenvalue weighted by Gasteiger charge is -2.21. The van der Waals surface area contributed by atoms with Gasteiger partial charge in [-0.3, -0.25) is 0 Å². The maximum absolute atomic E-state index is 10.0. The van der Waals surface area contributed by atoms with E-state index in [1.165, 1.54) is 5.69 Å². The number of benzene rings is 1. The van der Waals surface area contributed by atoms with Gasteiger partial charge in [0.2, 0.25) is 0 Å². The molecule has 18 heavy (non-hydrogen) atoms. The summed E-state index contributed by atoms with van der Waals surface area (Å²) in [6.45, 7) is 0. The first-order valence-corrected chi connectivity index (χ1v) is 6.33. The topological polar surface area (TPSA) is 34.4 Å². The molecular weight excluding hydrogens is 226 g/mol. The van der Waals surface area contributed by atoms with Crippen molar-refractivity contribution in [3.8, 4) is 11.4 Å². The van der Waals surface area contributed by atoms with Crippen molar-refractivity contribution >= 4 is 0 Å². The van der Waals surface area contributed by atoms with Crippen LogP contribution < -0.4 is 4.74 Å². The summed E-state index contributed by atoms with van der Waals surface area (Å²) in [4.78, 5) is 0. The van der Waals surface area contributed by atoms with Gasteiger partial charge in [-0.15, -0.1) is 0 Å². The number of rotatable bonds is 2. The molecule has 2 aromatic rings. The number of aliphatic hydroxyl groups is 1. The number of aromatic nitrogens is 1. The van der Waals surface area contributed by atoms with E-state index in [4.69, 9.17) is 4.74 Å². The summed E-state index contributed by atoms with van der Waals surface area (Å²) in [5.74, 6) is 0.857. The SMILES string of the molecule is COc1ccccc1-n1ccc2c1CCCC2O. The van der Waals surface area contributed by atoms with E-state index < -0.39 is 0 Å². The van der Waals surface area contributed by atoms with Crippen LogP contribution in [0.2, 0.25) is 0 Å². The van der Waals surface area contributed by atoms with Gasteiger partial charge in [-0.1, -0.05) is 12.1 Å². The molecule has 1 atom stereocenters. The fraction of sp³-hybridized carbons (Fsp3) is 0.333. The molecule has 1 aromatic carbocycles. The second kappa shape index (κ2) is 4.50. The fourth-order valence-electron chi connectivity index (χ4n) is 2.72. The van der Waals surface area contributed by atoms with Crippen LogP contribution in [-0.2, 0) is 6.42 Å². The first-order chi connectivity index (χ1) is 8.81. The Morgan fingerprint density at radius 1 is 1.28 bits per heavy atom. The molecule has 0 amide bonds. The van der Waals surface area contributed by atoms with Gasteiger partial charge in [0.05, 0.1) is 18.9 Å². The summed E-state index contributed by atoms with van der Waals surface area (Å²) in [6.07, 6.45) is 4.62. The minimum atomic E-state index is -0.315. The first-order valence-electron chi connectivity index (χ1n) is 6.33. The van der Waals surface area contributed by atoms with Gasteiger partial charge in [-0.05, 0) is 37.5 Å². The molecule has 0 radical (unpaired) electrons. The van der Waals surface area contributed by atoms with Crippen molar-refractivity contribution in [2.45, 2.75) is 25.4 Å². The Balaban J connectivity index is 2.13. The van der Waals surface area contributed by atoms with Crippen LogP contribution in [0.4, 0.5) is 0 Å². The number of para-hydroxylation sites is 2. The summed E-state index contributed by atoms with van der Waals surface area (Å²) in [7, 11) is 1.68. The van der Waals surface area contributed by atoms with E-state index in [9.17, 15) is 5.11 Å². The van der Waals surface area contributed by atoms with Gasteiger partial charge in [0, 0.05) is 17.5 Å². The van der Waals surface area contributed by atoms with Gasteiger partial charge in [-0.2, -0.15) is 0 Å². The highest BCUT2D eigenvalue weighted by molar-refractivity contribution is 5.49. The standard InChI is InChI=1S/C15H17NO2/c1-18-15-8-3-2-5-13(15)16-10-9-11-12(16)6-4-7-14(11)17/h2-3,5,8-10,14,17H,4,6-7H2,1H3. The van der Waals surface area contributed by atoms with Crippen LogP contribution >= 0.6 is 0 Å². The van der Waals surface area contributed by atoms with Crippen molar-refractivity contribution in [2.24, 2.45) is 0 Å². The maximum atomic E-state index is 10.0. The molecular formula is C15H17NO2. The van der Waals surface area contributed by atoms with Gasteiger partial charge >= 0.3 is 0 Å². The van der Waals surface area contributed by atoms with Crippen LogP contribution in [0, 0.1) is 0 Å². The minimum absolute atomic E-state index is 0.315. The van der Waals surface area contributed by atoms with E-state index >= 15 is 0 Å². The Bertz CT molecular complexity index is 559. The molecule has 0 fully saturated rings. The molecule has 1 N–H and O–H groups in total. The number of hydrogen-bond donors (Lipinski definition) is 1. The molecule has 0 spiro atoms. The number of ether oxygens (including phenoxy) is 1. The molecule has 1 aromatic heterocycles. The van der Waals surface area contributed by atoms with Crippen LogP contribution in [0.15, 0.2) is 36.5 Å². The van der Waals surface area contributed by atoms with E-state index in [0.717, 1.165) is 36.3 Å². The Kier molecular flexibility index (Phi) is 2.84. The first kappa shape index (κ1) is 11.4. The molecule has 3 nitrogen and oxygen atoms in total. The zero-order valence-corrected chi connectivity index (χ0v) is 10.5. The third-order valence-electron chi connectivity index (χ3n) is 3.62. The lowest BCUT2D eigenvalue weighted by Crippen LogP contribution is -2.11. The Labute approximate surface area is 107 Å². The van der Waals surface area contributed by atoms with E-state index in [-0.39, 0.29) is 6.10 Å². The molecule has 0 aliphatic heterocycles. The highest BCUT2D eigenvalue weighted by Crippen LogP contribution is 2.34. The van der Waals surface area contributed by atoms with Crippen LogP contribution in [0.1, 0.15) is 30.2 Å². The maximum Gasteiger partial charge on any atom is 0.142 e. The third kappa shape index (κ3) is 1.71. The van der Waals surface area contributed by atoms with Crippen LogP contribution in [-0.4, -0.2) is 16.8 Å². The summed E-state index contributed by atoms with van der Waals surface area (Å²) < 4.78 is 7.54. The smallest absolute Gasteiger partial charge is 0.142 e. The van der Waals surface area contributed by atoms with Gasteiger partial charge in [0.25, 0.3) is 0 Å². The molecule has 94 valence electrons. The minimum Gasteiger partial charge on any atom is -0.495 e. The third-order valence-corrected chi connectivity index (χ3v) is 3.62. The molecule has 3 rings (SSSR count). The zero-order chi connectivity index (χ0) is 12.5. The molecule has 0 bridgehead atoms. The van der Waals surface area contributed by atoms with Crippen molar-refractivity contribution in [1.82, 2.24) is 4.57 Å². The van der Waals surface area contributed by atoms with Gasteiger partial charge in [0.15, 0.2) is 0 Å². The van der Waals surface area contributed by atoms with Crippen LogP contribution in [0.3, 0.4) is 0 Å². The van der Waals surface area contributed by atoms with Crippen molar-refractivity contribution in [3.05, 3.63) is 47.8 Å². The molecule has 0 saturated carbocycles. The Morgan fingerprint density at radius 2 is 2.11 bits per heavy atom. The summed E-state index contributed by atoms with van der Waals surface area (Å²) in [6, 6.07) is 9.99. The van der Waals surface area contributed by atoms with E-state index in [1.807, 2.05) is 36.5 Å².